The number of nitrogens with zero attached hydrogens (tertiary/aromatic N) is 2. The number of benzene rings is 2. The molecule has 146 valence electrons. The third-order valence-electron chi connectivity index (χ3n) is 5.03. The van der Waals surface area contributed by atoms with Crippen molar-refractivity contribution in [1.29, 1.82) is 0 Å². The summed E-state index contributed by atoms with van der Waals surface area (Å²) in [7, 11) is -1.88. The van der Waals surface area contributed by atoms with Crippen LogP contribution in [0.5, 0.6) is 5.75 Å². The summed E-state index contributed by atoms with van der Waals surface area (Å²) >= 11 is 1.37. The van der Waals surface area contributed by atoms with Crippen molar-refractivity contribution < 1.29 is 17.9 Å². The largest absolute Gasteiger partial charge is 0.497 e. The lowest BCUT2D eigenvalue weighted by Gasteiger charge is -2.31. The zero-order valence-electron chi connectivity index (χ0n) is 15.4. The van der Waals surface area contributed by atoms with Crippen LogP contribution >= 0.6 is 11.3 Å². The molecule has 8 heteroatoms. The predicted molar refractivity (Wildman–Crippen MR) is 109 cm³/mol. The molecule has 0 aliphatic carbocycles. The van der Waals surface area contributed by atoms with E-state index in [4.69, 9.17) is 4.74 Å². The Kier molecular flexibility index (Phi) is 5.07. The van der Waals surface area contributed by atoms with Gasteiger partial charge in [0.05, 0.1) is 27.5 Å². The first-order valence-electron chi connectivity index (χ1n) is 9.02. The molecule has 0 unspecified atom stereocenters. The summed E-state index contributed by atoms with van der Waals surface area (Å²) in [5.74, 6) is 0.497. The van der Waals surface area contributed by atoms with Crippen LogP contribution in [-0.4, -0.2) is 49.7 Å². The van der Waals surface area contributed by atoms with Gasteiger partial charge in [-0.1, -0.05) is 12.1 Å². The number of carbonyl (C=O) groups excluding carboxylic acids is 1. The number of aromatic nitrogens is 1. The highest BCUT2D eigenvalue weighted by Gasteiger charge is 2.33. The highest BCUT2D eigenvalue weighted by atomic mass is 32.2. The molecular formula is C20H20N2O4S2. The number of thiazole rings is 1. The molecule has 28 heavy (non-hydrogen) atoms. The Morgan fingerprint density at radius 1 is 1.11 bits per heavy atom. The van der Waals surface area contributed by atoms with E-state index in [1.54, 1.807) is 36.3 Å². The topological polar surface area (TPSA) is 76.6 Å². The Morgan fingerprint density at radius 2 is 1.79 bits per heavy atom. The number of fused-ring (bicyclic) bond motifs is 1. The van der Waals surface area contributed by atoms with Gasteiger partial charge in [-0.2, -0.15) is 0 Å². The molecule has 3 aromatic rings. The maximum atomic E-state index is 12.9. The van der Waals surface area contributed by atoms with E-state index < -0.39 is 15.1 Å². The van der Waals surface area contributed by atoms with Crippen LogP contribution in [0, 0.1) is 0 Å². The van der Waals surface area contributed by atoms with E-state index in [1.165, 1.54) is 11.3 Å². The van der Waals surface area contributed by atoms with Crippen LogP contribution in [0.1, 0.15) is 22.6 Å². The maximum Gasteiger partial charge on any atom is 0.282 e. The minimum Gasteiger partial charge on any atom is -0.497 e. The molecule has 2 heterocycles. The third kappa shape index (κ3) is 3.49. The first-order chi connectivity index (χ1) is 13.5. The first kappa shape index (κ1) is 18.9. The van der Waals surface area contributed by atoms with Gasteiger partial charge in [0.2, 0.25) is 0 Å². The number of sulfone groups is 1. The van der Waals surface area contributed by atoms with Gasteiger partial charge in [-0.15, -0.1) is 11.3 Å². The summed E-state index contributed by atoms with van der Waals surface area (Å²) < 4.78 is 31.9. The number of amides is 1. The van der Waals surface area contributed by atoms with E-state index in [9.17, 15) is 13.2 Å². The molecule has 1 fully saturated rings. The Hall–Kier alpha value is -2.45. The van der Waals surface area contributed by atoms with Gasteiger partial charge in [-0.3, -0.25) is 4.79 Å². The molecule has 1 saturated heterocycles. The second-order valence-electron chi connectivity index (χ2n) is 6.70. The van der Waals surface area contributed by atoms with Crippen LogP contribution in [0.4, 0.5) is 0 Å². The van der Waals surface area contributed by atoms with E-state index in [2.05, 4.69) is 4.98 Å². The van der Waals surface area contributed by atoms with Gasteiger partial charge < -0.3 is 9.64 Å². The van der Waals surface area contributed by atoms with Gasteiger partial charge in [0.15, 0.2) is 14.8 Å². The molecule has 1 amide bonds. The van der Waals surface area contributed by atoms with Crippen molar-refractivity contribution in [1.82, 2.24) is 9.88 Å². The molecule has 0 bridgehead atoms. The first-order valence-corrected chi connectivity index (χ1v) is 11.4. The lowest BCUT2D eigenvalue weighted by Crippen LogP contribution is -2.42. The van der Waals surface area contributed by atoms with Gasteiger partial charge in [0.1, 0.15) is 5.75 Å². The molecule has 0 saturated carbocycles. The van der Waals surface area contributed by atoms with Crippen LogP contribution < -0.4 is 4.74 Å². The van der Waals surface area contributed by atoms with Gasteiger partial charge in [0.25, 0.3) is 5.91 Å². The second-order valence-corrected chi connectivity index (χ2v) is 9.96. The molecule has 1 aliphatic rings. The average molecular weight is 417 g/mol. The summed E-state index contributed by atoms with van der Waals surface area (Å²) in [6, 6.07) is 14.1. The van der Waals surface area contributed by atoms with Crippen molar-refractivity contribution in [2.45, 2.75) is 23.0 Å². The minimum absolute atomic E-state index is 0.124. The Morgan fingerprint density at radius 3 is 2.43 bits per heavy atom. The molecule has 0 N–H and O–H groups in total. The summed E-state index contributed by atoms with van der Waals surface area (Å²) in [6.07, 6.45) is 0.843. The van der Waals surface area contributed by atoms with Gasteiger partial charge in [-0.25, -0.2) is 13.4 Å². The van der Waals surface area contributed by atoms with Crippen molar-refractivity contribution in [3.63, 3.8) is 0 Å². The molecule has 4 rings (SSSR count). The molecular weight excluding hydrogens is 396 g/mol. The van der Waals surface area contributed by atoms with Gasteiger partial charge >= 0.3 is 0 Å². The van der Waals surface area contributed by atoms with Crippen LogP contribution in [0.15, 0.2) is 53.4 Å². The maximum absolute atomic E-state index is 12.9. The second kappa shape index (κ2) is 7.52. The number of hydrogen-bond donors (Lipinski definition) is 0. The van der Waals surface area contributed by atoms with Crippen molar-refractivity contribution in [2.75, 3.05) is 20.2 Å². The molecule has 6 nitrogen and oxygen atoms in total. The lowest BCUT2D eigenvalue weighted by atomic mass is 10.1. The number of rotatable bonds is 4. The molecule has 0 spiro atoms. The van der Waals surface area contributed by atoms with E-state index in [1.807, 2.05) is 24.3 Å². The minimum atomic E-state index is -3.43. The SMILES string of the molecule is COc1ccc(S(=O)(=O)C2CCN(C(=O)c3nc4ccccc4s3)CC2)cc1. The van der Waals surface area contributed by atoms with Gasteiger partial charge in [-0.05, 0) is 49.2 Å². The number of carbonyl (C=O) groups is 1. The molecule has 0 atom stereocenters. The Bertz CT molecular complexity index is 1070. The number of ether oxygens (including phenoxy) is 1. The Balaban J connectivity index is 1.45. The number of methoxy groups -OCH3 is 1. The Labute approximate surface area is 167 Å². The van der Waals surface area contributed by atoms with Gasteiger partial charge in [0, 0.05) is 13.1 Å². The van der Waals surface area contributed by atoms with Crippen molar-refractivity contribution in [3.8, 4) is 5.75 Å². The van der Waals surface area contributed by atoms with Crippen molar-refractivity contribution in [3.05, 3.63) is 53.5 Å². The summed E-state index contributed by atoms with van der Waals surface area (Å²) in [6.45, 7) is 0.823. The molecule has 1 aliphatic heterocycles. The quantitative estimate of drug-likeness (QED) is 0.652. The number of para-hydroxylation sites is 1. The van der Waals surface area contributed by atoms with Crippen molar-refractivity contribution >= 4 is 37.3 Å². The highest BCUT2D eigenvalue weighted by Crippen LogP contribution is 2.28. The van der Waals surface area contributed by atoms with Crippen LogP contribution in [0.3, 0.4) is 0 Å². The lowest BCUT2D eigenvalue weighted by molar-refractivity contribution is 0.0725. The summed E-state index contributed by atoms with van der Waals surface area (Å²) in [4.78, 5) is 19.2. The normalized spacial score (nSPS) is 15.7. The summed E-state index contributed by atoms with van der Waals surface area (Å²) in [5, 5.41) is -0.0297. The fourth-order valence-electron chi connectivity index (χ4n) is 3.43. The highest BCUT2D eigenvalue weighted by molar-refractivity contribution is 7.92. The molecule has 0 radical (unpaired) electrons. The number of likely N-dealkylation sites (tertiary alicyclic amines) is 1. The van der Waals surface area contributed by atoms with Crippen LogP contribution in [-0.2, 0) is 9.84 Å². The van der Waals surface area contributed by atoms with E-state index in [0.717, 1.165) is 10.2 Å². The number of piperidine rings is 1. The summed E-state index contributed by atoms with van der Waals surface area (Å²) in [5.41, 5.74) is 0.813. The van der Waals surface area contributed by atoms with Crippen LogP contribution in [0.25, 0.3) is 10.2 Å². The average Bonchev–Trinajstić information content (AvgIpc) is 3.17. The zero-order valence-corrected chi connectivity index (χ0v) is 17.0. The van der Waals surface area contributed by atoms with E-state index in [-0.39, 0.29) is 5.91 Å². The standard InChI is InChI=1S/C20H20N2O4S2/c1-26-14-6-8-15(9-7-14)28(24,25)16-10-12-22(13-11-16)20(23)19-21-17-4-2-3-5-18(17)27-19/h2-9,16H,10-13H2,1H3. The third-order valence-corrected chi connectivity index (χ3v) is 8.34. The van der Waals surface area contributed by atoms with Crippen molar-refractivity contribution in [2.24, 2.45) is 0 Å². The van der Waals surface area contributed by atoms with Crippen LogP contribution in [0.2, 0.25) is 0 Å². The predicted octanol–water partition coefficient (Wildman–Crippen LogP) is 3.38. The molecule has 2 aromatic carbocycles. The monoisotopic (exact) mass is 416 g/mol. The van der Waals surface area contributed by atoms with E-state index in [0.29, 0.717) is 41.6 Å². The zero-order chi connectivity index (χ0) is 19.7. The van der Waals surface area contributed by atoms with E-state index >= 15 is 0 Å². The fraction of sp³-hybridized carbons (Fsp3) is 0.300. The smallest absolute Gasteiger partial charge is 0.282 e. The number of hydrogen-bond acceptors (Lipinski definition) is 6. The fourth-order valence-corrected chi connectivity index (χ4v) is 6.09. The molecule has 1 aromatic heterocycles.